The molecule has 0 saturated heterocycles. The Hall–Kier alpha value is -2.18. The molecule has 0 aliphatic rings. The lowest BCUT2D eigenvalue weighted by atomic mass is 10.2. The van der Waals surface area contributed by atoms with Crippen molar-refractivity contribution in [1.29, 1.82) is 0 Å². The monoisotopic (exact) mass is 265 g/mol. The summed E-state index contributed by atoms with van der Waals surface area (Å²) in [5.74, 6) is 0.0373. The minimum absolute atomic E-state index is 0.0838. The highest BCUT2D eigenvalue weighted by molar-refractivity contribution is 5.99. The third-order valence-corrected chi connectivity index (χ3v) is 2.50. The third kappa shape index (κ3) is 3.90. The summed E-state index contributed by atoms with van der Waals surface area (Å²) in [6.07, 6.45) is 1.57. The van der Waals surface area contributed by atoms with Crippen molar-refractivity contribution in [3.8, 4) is 0 Å². The number of hydrogen-bond acceptors (Lipinski definition) is 5. The Morgan fingerprint density at radius 1 is 1.32 bits per heavy atom. The van der Waals surface area contributed by atoms with Crippen LogP contribution >= 0.6 is 0 Å². The number of carbonyl (C=O) groups excluding carboxylic acids is 2. The fourth-order valence-corrected chi connectivity index (χ4v) is 1.36. The summed E-state index contributed by atoms with van der Waals surface area (Å²) in [5, 5.41) is 7.80. The van der Waals surface area contributed by atoms with Gasteiger partial charge in [-0.1, -0.05) is 13.8 Å². The first-order chi connectivity index (χ1) is 8.99. The third-order valence-electron chi connectivity index (χ3n) is 2.50. The second-order valence-corrected chi connectivity index (χ2v) is 4.25. The minimum atomic E-state index is -0.405. The van der Waals surface area contributed by atoms with Crippen molar-refractivity contribution in [2.75, 3.05) is 26.0 Å². The molecular weight excluding hydrogens is 246 g/mol. The van der Waals surface area contributed by atoms with Crippen LogP contribution in [0, 0.1) is 0 Å². The normalized spacial score (nSPS) is 10.2. The first kappa shape index (κ1) is 14.9. The number of hydrogen-bond donors (Lipinski definition) is 3. The van der Waals surface area contributed by atoms with Crippen LogP contribution < -0.4 is 16.0 Å². The molecule has 7 heteroatoms. The van der Waals surface area contributed by atoms with Crippen LogP contribution in [0.4, 0.5) is 5.69 Å². The molecule has 0 fully saturated rings. The van der Waals surface area contributed by atoms with Gasteiger partial charge in [0.2, 0.25) is 5.91 Å². The van der Waals surface area contributed by atoms with Gasteiger partial charge in [0.15, 0.2) is 5.69 Å². The predicted octanol–water partition coefficient (Wildman–Crippen LogP) is 0.117. The molecule has 2 amide bonds. The molecule has 0 radical (unpaired) electrons. The van der Waals surface area contributed by atoms with Crippen LogP contribution in [-0.4, -0.2) is 42.4 Å². The van der Waals surface area contributed by atoms with E-state index in [0.717, 1.165) is 0 Å². The molecule has 1 aromatic heterocycles. The summed E-state index contributed by atoms with van der Waals surface area (Å²) in [4.78, 5) is 31.5. The average Bonchev–Trinajstić information content (AvgIpc) is 2.43. The minimum Gasteiger partial charge on any atom is -0.385 e. The summed E-state index contributed by atoms with van der Waals surface area (Å²) >= 11 is 0. The maximum absolute atomic E-state index is 12.0. The van der Waals surface area contributed by atoms with Crippen LogP contribution in [0.5, 0.6) is 0 Å². The van der Waals surface area contributed by atoms with Crippen LogP contribution in [0.1, 0.15) is 36.1 Å². The average molecular weight is 265 g/mol. The topological polar surface area (TPSA) is 96.0 Å². The maximum Gasteiger partial charge on any atom is 0.272 e. The van der Waals surface area contributed by atoms with E-state index in [2.05, 4.69) is 25.9 Å². The number of carbonyl (C=O) groups is 2. The Labute approximate surface area is 112 Å². The fraction of sp³-hybridized carbons (Fsp3) is 0.500. The Morgan fingerprint density at radius 3 is 2.53 bits per heavy atom. The maximum atomic E-state index is 12.0. The van der Waals surface area contributed by atoms with Gasteiger partial charge in [-0.3, -0.25) is 9.59 Å². The Morgan fingerprint density at radius 2 is 2.00 bits per heavy atom. The number of nitrogens with zero attached hydrogens (tertiary/aromatic N) is 2. The Balaban J connectivity index is 2.93. The lowest BCUT2D eigenvalue weighted by Gasteiger charge is -2.11. The largest absolute Gasteiger partial charge is 0.385 e. The number of rotatable bonds is 5. The molecule has 0 saturated carbocycles. The number of likely N-dealkylation sites (N-methyl/N-ethyl adjacent to an activating group) is 1. The lowest BCUT2D eigenvalue weighted by Crippen LogP contribution is -2.36. The van der Waals surface area contributed by atoms with E-state index >= 15 is 0 Å². The molecule has 7 nitrogen and oxygen atoms in total. The second kappa shape index (κ2) is 6.67. The van der Waals surface area contributed by atoms with E-state index in [1.807, 2.05) is 13.8 Å². The van der Waals surface area contributed by atoms with Crippen molar-refractivity contribution >= 4 is 17.5 Å². The quantitative estimate of drug-likeness (QED) is 0.702. The first-order valence-electron chi connectivity index (χ1n) is 6.03. The summed E-state index contributed by atoms with van der Waals surface area (Å²) < 4.78 is 0. The number of amides is 2. The van der Waals surface area contributed by atoms with Crippen LogP contribution in [0.25, 0.3) is 0 Å². The van der Waals surface area contributed by atoms with Gasteiger partial charge < -0.3 is 16.0 Å². The molecule has 0 aliphatic heterocycles. The summed E-state index contributed by atoms with van der Waals surface area (Å²) in [5.41, 5.74) is 0.768. The molecule has 0 aromatic carbocycles. The van der Waals surface area contributed by atoms with E-state index in [9.17, 15) is 9.59 Å². The second-order valence-electron chi connectivity index (χ2n) is 4.25. The van der Waals surface area contributed by atoms with Crippen molar-refractivity contribution < 1.29 is 9.59 Å². The number of aromatic nitrogens is 2. The zero-order valence-corrected chi connectivity index (χ0v) is 11.6. The van der Waals surface area contributed by atoms with Crippen molar-refractivity contribution in [2.45, 2.75) is 19.8 Å². The number of nitrogens with one attached hydrogen (secondary N) is 3. The summed E-state index contributed by atoms with van der Waals surface area (Å²) in [6.45, 7) is 3.81. The molecule has 1 aromatic rings. The highest BCUT2D eigenvalue weighted by Crippen LogP contribution is 2.15. The molecule has 19 heavy (non-hydrogen) atoms. The van der Waals surface area contributed by atoms with Crippen LogP contribution in [0.3, 0.4) is 0 Å². The van der Waals surface area contributed by atoms with Gasteiger partial charge >= 0.3 is 0 Å². The van der Waals surface area contributed by atoms with Crippen molar-refractivity contribution in [1.82, 2.24) is 20.6 Å². The highest BCUT2D eigenvalue weighted by atomic mass is 16.2. The molecule has 104 valence electrons. The Bertz CT molecular complexity index is 473. The molecular formula is C12H19N5O2. The molecule has 0 aliphatic carbocycles. The zero-order valence-electron chi connectivity index (χ0n) is 11.6. The van der Waals surface area contributed by atoms with Crippen molar-refractivity contribution in [3.05, 3.63) is 17.7 Å². The van der Waals surface area contributed by atoms with E-state index in [1.54, 1.807) is 13.2 Å². The van der Waals surface area contributed by atoms with Gasteiger partial charge in [0.05, 0.1) is 18.4 Å². The molecule has 1 heterocycles. The SMILES string of the molecule is CNC(=O)CNC(=O)c1nc(C(C)C)ncc1NC. The van der Waals surface area contributed by atoms with Gasteiger partial charge in [0.25, 0.3) is 5.91 Å². The summed E-state index contributed by atoms with van der Waals surface area (Å²) in [7, 11) is 3.19. The van der Waals surface area contributed by atoms with Crippen LogP contribution in [-0.2, 0) is 4.79 Å². The van der Waals surface area contributed by atoms with Crippen LogP contribution in [0.15, 0.2) is 6.20 Å². The van der Waals surface area contributed by atoms with Crippen molar-refractivity contribution in [3.63, 3.8) is 0 Å². The predicted molar refractivity (Wildman–Crippen MR) is 72.1 cm³/mol. The fourth-order valence-electron chi connectivity index (χ4n) is 1.36. The van der Waals surface area contributed by atoms with Gasteiger partial charge in [-0.2, -0.15) is 0 Å². The van der Waals surface area contributed by atoms with E-state index in [0.29, 0.717) is 11.5 Å². The number of anilines is 1. The van der Waals surface area contributed by atoms with Gasteiger partial charge in [-0.05, 0) is 0 Å². The molecule has 0 unspecified atom stereocenters. The lowest BCUT2D eigenvalue weighted by molar-refractivity contribution is -0.119. The van der Waals surface area contributed by atoms with Gasteiger partial charge in [0.1, 0.15) is 5.82 Å². The molecule has 1 rings (SSSR count). The molecule has 0 bridgehead atoms. The van der Waals surface area contributed by atoms with Gasteiger partial charge in [-0.15, -0.1) is 0 Å². The summed E-state index contributed by atoms with van der Waals surface area (Å²) in [6, 6.07) is 0. The zero-order chi connectivity index (χ0) is 14.4. The van der Waals surface area contributed by atoms with Crippen LogP contribution in [0.2, 0.25) is 0 Å². The molecule has 3 N–H and O–H groups in total. The molecule has 0 atom stereocenters. The van der Waals surface area contributed by atoms with Crippen molar-refractivity contribution in [2.24, 2.45) is 0 Å². The van der Waals surface area contributed by atoms with E-state index in [4.69, 9.17) is 0 Å². The first-order valence-corrected chi connectivity index (χ1v) is 6.03. The molecule has 0 spiro atoms. The highest BCUT2D eigenvalue weighted by Gasteiger charge is 2.16. The smallest absolute Gasteiger partial charge is 0.272 e. The Kier molecular flexibility index (Phi) is 5.23. The standard InChI is InChI=1S/C12H19N5O2/c1-7(2)11-15-5-8(13-3)10(17-11)12(19)16-6-9(18)14-4/h5,7,13H,6H2,1-4H3,(H,14,18)(H,16,19). The van der Waals surface area contributed by atoms with E-state index < -0.39 is 5.91 Å². The van der Waals surface area contributed by atoms with Gasteiger partial charge in [-0.25, -0.2) is 9.97 Å². The van der Waals surface area contributed by atoms with E-state index in [1.165, 1.54) is 7.05 Å². The van der Waals surface area contributed by atoms with Gasteiger partial charge in [0, 0.05) is 20.0 Å². The van der Waals surface area contributed by atoms with E-state index in [-0.39, 0.29) is 24.1 Å².